The Hall–Kier alpha value is -3.72. The molecule has 1 heterocycles. The van der Waals surface area contributed by atoms with Crippen LogP contribution in [-0.4, -0.2) is 29.5 Å². The number of rotatable bonds is 8. The maximum atomic E-state index is 13.2. The third-order valence-corrected chi connectivity index (χ3v) is 6.10. The molecule has 0 aliphatic carbocycles. The van der Waals surface area contributed by atoms with Gasteiger partial charge in [-0.15, -0.1) is 11.3 Å². The number of hydrogen-bond acceptors (Lipinski definition) is 5. The summed E-state index contributed by atoms with van der Waals surface area (Å²) < 4.78 is 20.4. The lowest BCUT2D eigenvalue weighted by atomic mass is 10.2. The van der Waals surface area contributed by atoms with E-state index in [9.17, 15) is 18.8 Å². The summed E-state index contributed by atoms with van der Waals surface area (Å²) in [5.74, 6) is -0.701. The van der Waals surface area contributed by atoms with Crippen molar-refractivity contribution in [2.24, 2.45) is 0 Å². The molecular formula is C25H26FN3O4S. The number of benzene rings is 2. The van der Waals surface area contributed by atoms with Crippen molar-refractivity contribution in [1.82, 2.24) is 9.88 Å². The lowest BCUT2D eigenvalue weighted by molar-refractivity contribution is -0.122. The number of thiazole rings is 1. The van der Waals surface area contributed by atoms with Gasteiger partial charge in [0, 0.05) is 12.1 Å². The molecule has 0 saturated carbocycles. The first kappa shape index (κ1) is 24.9. The molecule has 0 fully saturated rings. The molecule has 34 heavy (non-hydrogen) atoms. The number of anilines is 1. The summed E-state index contributed by atoms with van der Waals surface area (Å²) >= 11 is 1.07. The molecule has 1 atom stereocenters. The van der Waals surface area contributed by atoms with Gasteiger partial charge in [-0.1, -0.05) is 31.2 Å². The topological polar surface area (TPSA) is 89.4 Å². The van der Waals surface area contributed by atoms with Crippen molar-refractivity contribution in [3.8, 4) is 5.75 Å². The number of carbonyl (C=O) groups is 2. The van der Waals surface area contributed by atoms with Crippen molar-refractivity contribution in [3.05, 3.63) is 79.5 Å². The van der Waals surface area contributed by atoms with Gasteiger partial charge in [0.05, 0.1) is 17.3 Å². The van der Waals surface area contributed by atoms with Crippen LogP contribution in [0.2, 0.25) is 0 Å². The van der Waals surface area contributed by atoms with Crippen molar-refractivity contribution in [2.45, 2.75) is 32.9 Å². The second-order valence-corrected chi connectivity index (χ2v) is 8.66. The number of halogens is 1. The van der Waals surface area contributed by atoms with Crippen LogP contribution in [0.4, 0.5) is 10.1 Å². The van der Waals surface area contributed by atoms with Gasteiger partial charge < -0.3 is 15.4 Å². The largest absolute Gasteiger partial charge is 0.495 e. The Balaban J connectivity index is 2.02. The number of nitrogens with zero attached hydrogens (tertiary/aromatic N) is 1. The Morgan fingerprint density at radius 3 is 2.56 bits per heavy atom. The number of nitrogens with one attached hydrogen (secondary N) is 2. The molecule has 0 bridgehead atoms. The van der Waals surface area contributed by atoms with Crippen molar-refractivity contribution in [3.63, 3.8) is 0 Å². The van der Waals surface area contributed by atoms with E-state index in [2.05, 4.69) is 10.6 Å². The molecule has 9 heteroatoms. The van der Waals surface area contributed by atoms with Gasteiger partial charge in [0.1, 0.15) is 22.8 Å². The van der Waals surface area contributed by atoms with Crippen LogP contribution in [0.25, 0.3) is 12.2 Å². The first-order chi connectivity index (χ1) is 16.3. The van der Waals surface area contributed by atoms with Crippen LogP contribution >= 0.6 is 11.3 Å². The van der Waals surface area contributed by atoms with Gasteiger partial charge in [-0.05, 0) is 49.2 Å². The van der Waals surface area contributed by atoms with Crippen LogP contribution in [0.15, 0.2) is 53.3 Å². The Kier molecular flexibility index (Phi) is 8.37. The van der Waals surface area contributed by atoms with Crippen LogP contribution in [0.1, 0.15) is 25.8 Å². The number of amides is 2. The molecule has 3 rings (SSSR count). The van der Waals surface area contributed by atoms with Gasteiger partial charge in [-0.2, -0.15) is 0 Å². The highest BCUT2D eigenvalue weighted by molar-refractivity contribution is 7.07. The zero-order chi connectivity index (χ0) is 24.7. The fraction of sp³-hybridized carbons (Fsp3) is 0.240. The Bertz CT molecular complexity index is 1350. The van der Waals surface area contributed by atoms with E-state index < -0.39 is 11.5 Å². The lowest BCUT2D eigenvalue weighted by Gasteiger charge is -2.11. The van der Waals surface area contributed by atoms with Gasteiger partial charge in [0.15, 0.2) is 0 Å². The standard InChI is InChI=1S/C25H26FN3O4S/c1-4-16(2)27-23(31)15-29-24(14-22(30)28-19-7-5-6-8-20(19)33-3)34-21(25(29)32)13-17-9-11-18(26)12-10-17/h5-14,16H,4,15H2,1-3H3,(H,27,31)(H,28,30)/b21-13+,24-14-. The van der Waals surface area contributed by atoms with E-state index in [4.69, 9.17) is 4.74 Å². The minimum Gasteiger partial charge on any atom is -0.495 e. The number of aromatic nitrogens is 1. The molecule has 178 valence electrons. The van der Waals surface area contributed by atoms with E-state index in [1.165, 1.54) is 29.9 Å². The monoisotopic (exact) mass is 483 g/mol. The normalized spacial score (nSPS) is 12.9. The zero-order valence-corrected chi connectivity index (χ0v) is 19.9. The summed E-state index contributed by atoms with van der Waals surface area (Å²) in [5, 5.41) is 5.56. The van der Waals surface area contributed by atoms with Crippen molar-refractivity contribution < 1.29 is 18.7 Å². The lowest BCUT2D eigenvalue weighted by Crippen LogP contribution is -2.41. The minimum absolute atomic E-state index is 0.0478. The highest BCUT2D eigenvalue weighted by atomic mass is 32.1. The van der Waals surface area contributed by atoms with E-state index in [0.29, 0.717) is 26.2 Å². The van der Waals surface area contributed by atoms with Crippen LogP contribution < -0.4 is 30.1 Å². The average Bonchev–Trinajstić information content (AvgIpc) is 3.09. The summed E-state index contributed by atoms with van der Waals surface area (Å²) in [6.45, 7) is 3.58. The number of carbonyl (C=O) groups excluding carboxylic acids is 2. The predicted octanol–water partition coefficient (Wildman–Crippen LogP) is 2.22. The number of ether oxygens (including phenoxy) is 1. The maximum absolute atomic E-state index is 13.2. The third kappa shape index (κ3) is 6.41. The van der Waals surface area contributed by atoms with Gasteiger partial charge in [0.25, 0.3) is 11.5 Å². The fourth-order valence-corrected chi connectivity index (χ4v) is 4.14. The third-order valence-electron chi connectivity index (χ3n) is 5.05. The molecule has 0 spiro atoms. The van der Waals surface area contributed by atoms with Gasteiger partial charge >= 0.3 is 0 Å². The van der Waals surface area contributed by atoms with Gasteiger partial charge in [0.2, 0.25) is 5.91 Å². The predicted molar refractivity (Wildman–Crippen MR) is 132 cm³/mol. The van der Waals surface area contributed by atoms with Crippen molar-refractivity contribution in [1.29, 1.82) is 0 Å². The zero-order valence-electron chi connectivity index (χ0n) is 19.1. The highest BCUT2D eigenvalue weighted by Crippen LogP contribution is 2.22. The van der Waals surface area contributed by atoms with Crippen molar-refractivity contribution in [2.75, 3.05) is 12.4 Å². The summed E-state index contributed by atoms with van der Waals surface area (Å²) in [5.41, 5.74) is 0.690. The molecule has 0 aliphatic heterocycles. The quantitative estimate of drug-likeness (QED) is 0.514. The highest BCUT2D eigenvalue weighted by Gasteiger charge is 2.13. The Labute approximate surface area is 200 Å². The molecule has 1 aromatic heterocycles. The molecule has 7 nitrogen and oxygen atoms in total. The molecule has 1 unspecified atom stereocenters. The maximum Gasteiger partial charge on any atom is 0.269 e. The fourth-order valence-electron chi connectivity index (χ4n) is 3.10. The second-order valence-electron chi connectivity index (χ2n) is 7.60. The van der Waals surface area contributed by atoms with Gasteiger partial charge in [-0.25, -0.2) is 4.39 Å². The smallest absolute Gasteiger partial charge is 0.269 e. The first-order valence-corrected chi connectivity index (χ1v) is 11.5. The Morgan fingerprint density at radius 2 is 1.88 bits per heavy atom. The van der Waals surface area contributed by atoms with Crippen LogP contribution in [0.5, 0.6) is 5.75 Å². The van der Waals surface area contributed by atoms with E-state index in [0.717, 1.165) is 17.8 Å². The number of para-hydroxylation sites is 2. The number of hydrogen-bond donors (Lipinski definition) is 2. The van der Waals surface area contributed by atoms with E-state index in [1.54, 1.807) is 42.5 Å². The summed E-state index contributed by atoms with van der Waals surface area (Å²) in [4.78, 5) is 38.4. The molecule has 2 N–H and O–H groups in total. The second kappa shape index (κ2) is 11.4. The van der Waals surface area contributed by atoms with Crippen molar-refractivity contribution >= 4 is 41.0 Å². The SMILES string of the molecule is CCC(C)NC(=O)Cn1c(=O)/c(=C\c2ccc(F)cc2)s/c1=C\C(=O)Nc1ccccc1OC. The molecule has 2 amide bonds. The van der Waals surface area contributed by atoms with Crippen LogP contribution in [0, 0.1) is 5.82 Å². The molecule has 0 aliphatic rings. The molecule has 2 aromatic carbocycles. The average molecular weight is 484 g/mol. The van der Waals surface area contributed by atoms with Crippen LogP contribution in [0.3, 0.4) is 0 Å². The van der Waals surface area contributed by atoms with Gasteiger partial charge in [-0.3, -0.25) is 19.0 Å². The molecule has 3 aromatic rings. The summed E-state index contributed by atoms with van der Waals surface area (Å²) in [6.07, 6.45) is 3.62. The van der Waals surface area contributed by atoms with E-state index in [-0.39, 0.29) is 24.3 Å². The summed E-state index contributed by atoms with van der Waals surface area (Å²) in [7, 11) is 1.50. The van der Waals surface area contributed by atoms with Crippen LogP contribution in [-0.2, 0) is 16.1 Å². The molecule has 0 radical (unpaired) electrons. The molecular weight excluding hydrogens is 457 g/mol. The summed E-state index contributed by atoms with van der Waals surface area (Å²) in [6, 6.07) is 12.6. The number of methoxy groups -OCH3 is 1. The van der Waals surface area contributed by atoms with E-state index >= 15 is 0 Å². The first-order valence-electron chi connectivity index (χ1n) is 10.7. The Morgan fingerprint density at radius 1 is 1.18 bits per heavy atom. The van der Waals surface area contributed by atoms with E-state index in [1.807, 2.05) is 13.8 Å². The molecule has 0 saturated heterocycles. The minimum atomic E-state index is -0.477.